The quantitative estimate of drug-likeness (QED) is 0.660. The maximum Gasteiger partial charge on any atom is 0.344 e. The lowest BCUT2D eigenvalue weighted by molar-refractivity contribution is -0.132. The molecule has 0 bridgehead atoms. The number of urea groups is 1. The molecule has 2 N–H and O–H groups in total. The molecule has 0 unspecified atom stereocenters. The van der Waals surface area contributed by atoms with Crippen LogP contribution in [0.5, 0.6) is 5.75 Å². The van der Waals surface area contributed by atoms with E-state index in [1.54, 1.807) is 62.0 Å². The maximum absolute atomic E-state index is 12.9. The molecule has 1 aromatic heterocycles. The summed E-state index contributed by atoms with van der Waals surface area (Å²) in [6, 6.07) is 11.1. The summed E-state index contributed by atoms with van der Waals surface area (Å²) >= 11 is 1.40. The van der Waals surface area contributed by atoms with E-state index >= 15 is 0 Å². The number of thiazole rings is 1. The lowest BCUT2D eigenvalue weighted by atomic mass is 9.92. The number of hydrogen-bond donors (Lipinski definition) is 2. The third kappa shape index (κ3) is 2.85. The number of imide groups is 1. The molecule has 1 saturated heterocycles. The number of nitrogens with zero attached hydrogens (tertiary/aromatic N) is 2. The molecule has 142 valence electrons. The van der Waals surface area contributed by atoms with Crippen molar-refractivity contribution in [3.8, 4) is 5.75 Å². The number of benzene rings is 2. The van der Waals surface area contributed by atoms with E-state index in [0.29, 0.717) is 21.9 Å². The van der Waals surface area contributed by atoms with Gasteiger partial charge in [-0.2, -0.15) is 5.01 Å². The minimum absolute atomic E-state index is 0.329. The molecule has 0 radical (unpaired) electrons. The molecule has 4 rings (SSSR count). The highest BCUT2D eigenvalue weighted by Crippen LogP contribution is 2.29. The number of carbonyl (C=O) groups is 3. The van der Waals surface area contributed by atoms with Crippen molar-refractivity contribution in [2.45, 2.75) is 12.5 Å². The number of amides is 4. The number of fused-ring (bicyclic) bond motifs is 1. The lowest BCUT2D eigenvalue weighted by Crippen LogP contribution is -2.47. The number of aromatic nitrogens is 1. The van der Waals surface area contributed by atoms with Crippen molar-refractivity contribution in [1.82, 2.24) is 20.7 Å². The summed E-state index contributed by atoms with van der Waals surface area (Å²) in [5.41, 5.74) is 4.47. The van der Waals surface area contributed by atoms with Gasteiger partial charge in [-0.15, -0.1) is 11.3 Å². The summed E-state index contributed by atoms with van der Waals surface area (Å²) in [6.07, 6.45) is 0. The first kappa shape index (κ1) is 17.9. The van der Waals surface area contributed by atoms with Gasteiger partial charge in [-0.3, -0.25) is 15.0 Å². The normalized spacial score (nSPS) is 19.0. The second-order valence-corrected chi connectivity index (χ2v) is 7.29. The summed E-state index contributed by atoms with van der Waals surface area (Å²) in [5, 5.41) is 3.35. The number of methoxy groups -OCH3 is 1. The van der Waals surface area contributed by atoms with E-state index in [9.17, 15) is 14.4 Å². The fourth-order valence-corrected chi connectivity index (χ4v) is 3.74. The van der Waals surface area contributed by atoms with Gasteiger partial charge < -0.3 is 10.1 Å². The van der Waals surface area contributed by atoms with Crippen LogP contribution in [0.2, 0.25) is 0 Å². The largest absolute Gasteiger partial charge is 0.497 e. The van der Waals surface area contributed by atoms with Crippen LogP contribution in [0.1, 0.15) is 22.8 Å². The van der Waals surface area contributed by atoms with E-state index in [0.717, 1.165) is 10.2 Å². The number of hydrazine groups is 1. The first-order valence-corrected chi connectivity index (χ1v) is 9.26. The van der Waals surface area contributed by atoms with Gasteiger partial charge >= 0.3 is 6.03 Å². The zero-order valence-electron chi connectivity index (χ0n) is 15.1. The van der Waals surface area contributed by atoms with Crippen LogP contribution in [0.3, 0.4) is 0 Å². The number of rotatable bonds is 4. The molecule has 28 heavy (non-hydrogen) atoms. The van der Waals surface area contributed by atoms with Crippen LogP contribution >= 0.6 is 11.3 Å². The lowest BCUT2D eigenvalue weighted by Gasteiger charge is -2.22. The molecule has 1 atom stereocenters. The topological polar surface area (TPSA) is 101 Å². The second kappa shape index (κ2) is 6.61. The van der Waals surface area contributed by atoms with Crippen molar-refractivity contribution in [3.05, 3.63) is 59.1 Å². The Morgan fingerprint density at radius 3 is 2.68 bits per heavy atom. The predicted octanol–water partition coefficient (Wildman–Crippen LogP) is 2.42. The van der Waals surface area contributed by atoms with Crippen molar-refractivity contribution >= 4 is 39.4 Å². The molecule has 0 saturated carbocycles. The van der Waals surface area contributed by atoms with Crippen molar-refractivity contribution in [1.29, 1.82) is 0 Å². The van der Waals surface area contributed by atoms with E-state index in [2.05, 4.69) is 15.7 Å². The molecule has 2 heterocycles. The average Bonchev–Trinajstić information content (AvgIpc) is 3.26. The first-order valence-electron chi connectivity index (χ1n) is 8.38. The van der Waals surface area contributed by atoms with Gasteiger partial charge in [-0.25, -0.2) is 9.78 Å². The van der Waals surface area contributed by atoms with Crippen molar-refractivity contribution in [2.75, 3.05) is 7.11 Å². The highest BCUT2D eigenvalue weighted by atomic mass is 32.1. The number of nitrogens with one attached hydrogen (secondary N) is 2. The Kier molecular flexibility index (Phi) is 4.23. The van der Waals surface area contributed by atoms with Gasteiger partial charge in [0.2, 0.25) is 0 Å². The van der Waals surface area contributed by atoms with Crippen LogP contribution in [-0.4, -0.2) is 34.9 Å². The molecule has 1 aliphatic rings. The van der Waals surface area contributed by atoms with E-state index in [1.807, 2.05) is 0 Å². The number of ether oxygens (including phenoxy) is 1. The van der Waals surface area contributed by atoms with Crippen LogP contribution in [0.4, 0.5) is 4.79 Å². The van der Waals surface area contributed by atoms with Gasteiger partial charge in [0.15, 0.2) is 0 Å². The average molecular weight is 396 g/mol. The van der Waals surface area contributed by atoms with Gasteiger partial charge in [-0.05, 0) is 42.8 Å². The molecule has 8 nitrogen and oxygen atoms in total. The Hall–Kier alpha value is -3.46. The summed E-state index contributed by atoms with van der Waals surface area (Å²) in [7, 11) is 1.54. The fourth-order valence-electron chi connectivity index (χ4n) is 3.02. The molecule has 3 aromatic rings. The Balaban J connectivity index is 1.57. The van der Waals surface area contributed by atoms with Crippen LogP contribution in [-0.2, 0) is 10.3 Å². The van der Waals surface area contributed by atoms with E-state index in [1.165, 1.54) is 11.3 Å². The smallest absolute Gasteiger partial charge is 0.344 e. The molecular weight excluding hydrogens is 380 g/mol. The van der Waals surface area contributed by atoms with Crippen LogP contribution in [0.25, 0.3) is 10.2 Å². The number of carbonyl (C=O) groups excluding carboxylic acids is 3. The molecule has 9 heteroatoms. The van der Waals surface area contributed by atoms with Gasteiger partial charge in [0.05, 0.1) is 22.8 Å². The Morgan fingerprint density at radius 2 is 1.96 bits per heavy atom. The van der Waals surface area contributed by atoms with Crippen molar-refractivity contribution in [2.24, 2.45) is 0 Å². The van der Waals surface area contributed by atoms with E-state index in [-0.39, 0.29) is 0 Å². The van der Waals surface area contributed by atoms with Crippen LogP contribution in [0.15, 0.2) is 48.0 Å². The third-order valence-corrected chi connectivity index (χ3v) is 5.46. The Morgan fingerprint density at radius 1 is 1.21 bits per heavy atom. The summed E-state index contributed by atoms with van der Waals surface area (Å²) in [6.45, 7) is 1.59. The molecular formula is C19H16N4O4S. The second-order valence-electron chi connectivity index (χ2n) is 6.40. The van der Waals surface area contributed by atoms with Gasteiger partial charge in [0, 0.05) is 5.56 Å². The third-order valence-electron chi connectivity index (χ3n) is 4.67. The van der Waals surface area contributed by atoms with Gasteiger partial charge in [0.1, 0.15) is 11.3 Å². The van der Waals surface area contributed by atoms with Crippen LogP contribution < -0.4 is 15.5 Å². The van der Waals surface area contributed by atoms with Crippen molar-refractivity contribution in [3.63, 3.8) is 0 Å². The molecule has 0 aliphatic carbocycles. The summed E-state index contributed by atoms with van der Waals surface area (Å²) in [4.78, 5) is 42.0. The summed E-state index contributed by atoms with van der Waals surface area (Å²) < 4.78 is 5.96. The molecule has 4 amide bonds. The van der Waals surface area contributed by atoms with Gasteiger partial charge in [-0.1, -0.05) is 12.1 Å². The zero-order chi connectivity index (χ0) is 19.9. The number of hydrogen-bond acceptors (Lipinski definition) is 6. The Bertz CT molecular complexity index is 1090. The minimum atomic E-state index is -1.29. The first-order chi connectivity index (χ1) is 13.4. The van der Waals surface area contributed by atoms with Gasteiger partial charge in [0.25, 0.3) is 11.8 Å². The molecule has 0 spiro atoms. The van der Waals surface area contributed by atoms with E-state index < -0.39 is 23.4 Å². The fraction of sp³-hybridized carbons (Fsp3) is 0.158. The monoisotopic (exact) mass is 396 g/mol. The standard InChI is InChI=1S/C19H16N4O4S/c1-19(12-4-6-13(27-2)7-5-12)17(25)23(18(26)21-19)22-16(24)11-3-8-14-15(9-11)28-10-20-14/h3-10H,1-2H3,(H,21,26)(H,22,24)/t19-/m0/s1. The SMILES string of the molecule is COc1ccc([C@]2(C)NC(=O)N(NC(=O)c3ccc4ncsc4c3)C2=O)cc1. The molecule has 1 aliphatic heterocycles. The van der Waals surface area contributed by atoms with E-state index in [4.69, 9.17) is 4.74 Å². The van der Waals surface area contributed by atoms with Crippen LogP contribution in [0, 0.1) is 0 Å². The zero-order valence-corrected chi connectivity index (χ0v) is 15.9. The molecule has 2 aromatic carbocycles. The Labute approximate surface area is 164 Å². The molecule has 1 fully saturated rings. The summed E-state index contributed by atoms with van der Waals surface area (Å²) in [5.74, 6) is -0.500. The maximum atomic E-state index is 12.9. The predicted molar refractivity (Wildman–Crippen MR) is 103 cm³/mol. The highest BCUT2D eigenvalue weighted by Gasteiger charge is 2.50. The minimum Gasteiger partial charge on any atom is -0.497 e. The van der Waals surface area contributed by atoms with Crippen molar-refractivity contribution < 1.29 is 19.1 Å². The highest BCUT2D eigenvalue weighted by molar-refractivity contribution is 7.16.